The van der Waals surface area contributed by atoms with Crippen LogP contribution >= 0.6 is 0 Å². The first-order valence-corrected chi connectivity index (χ1v) is 7.03. The minimum atomic E-state index is -0.0417. The van der Waals surface area contributed by atoms with Crippen LogP contribution in [0.5, 0.6) is 0 Å². The van der Waals surface area contributed by atoms with Gasteiger partial charge in [-0.1, -0.05) is 24.3 Å². The highest BCUT2D eigenvalue weighted by molar-refractivity contribution is 5.94. The smallest absolute Gasteiger partial charge is 0.251 e. The van der Waals surface area contributed by atoms with Gasteiger partial charge in [0.25, 0.3) is 5.91 Å². The van der Waals surface area contributed by atoms with Crippen molar-refractivity contribution in [3.63, 3.8) is 0 Å². The standard InChI is InChI=1S/C18H18N2O/c1-13-10-16-11-14(8-9-17(16)20(13)2)12-19-18(21)15-6-4-3-5-7-15/h3-11H,12H2,1-2H3,(H,19,21). The number of amides is 1. The molecule has 0 aliphatic rings. The lowest BCUT2D eigenvalue weighted by Gasteiger charge is -2.06. The van der Waals surface area contributed by atoms with Crippen LogP contribution in [0.3, 0.4) is 0 Å². The molecule has 0 unspecified atom stereocenters. The van der Waals surface area contributed by atoms with Crippen molar-refractivity contribution in [2.45, 2.75) is 13.5 Å². The SMILES string of the molecule is Cc1cc2cc(CNC(=O)c3ccccc3)ccc2n1C. The number of aromatic nitrogens is 1. The van der Waals surface area contributed by atoms with Gasteiger partial charge in [0, 0.05) is 35.8 Å². The van der Waals surface area contributed by atoms with Crippen molar-refractivity contribution < 1.29 is 4.79 Å². The zero-order chi connectivity index (χ0) is 14.8. The third-order valence-corrected chi connectivity index (χ3v) is 3.84. The number of nitrogens with zero attached hydrogens (tertiary/aromatic N) is 1. The van der Waals surface area contributed by atoms with E-state index < -0.39 is 0 Å². The second kappa shape index (κ2) is 5.44. The van der Waals surface area contributed by atoms with Gasteiger partial charge in [0.05, 0.1) is 0 Å². The van der Waals surface area contributed by atoms with Crippen molar-refractivity contribution in [2.75, 3.05) is 0 Å². The first kappa shape index (κ1) is 13.4. The molecule has 0 radical (unpaired) electrons. The Morgan fingerprint density at radius 3 is 2.62 bits per heavy atom. The maximum Gasteiger partial charge on any atom is 0.251 e. The minimum absolute atomic E-state index is 0.0417. The maximum atomic E-state index is 12.0. The quantitative estimate of drug-likeness (QED) is 0.782. The summed E-state index contributed by atoms with van der Waals surface area (Å²) in [6.45, 7) is 2.63. The highest BCUT2D eigenvalue weighted by Gasteiger charge is 2.06. The van der Waals surface area contributed by atoms with E-state index in [1.54, 1.807) is 0 Å². The molecule has 21 heavy (non-hydrogen) atoms. The van der Waals surface area contributed by atoms with E-state index in [9.17, 15) is 4.79 Å². The summed E-state index contributed by atoms with van der Waals surface area (Å²) in [6, 6.07) is 17.7. The minimum Gasteiger partial charge on any atom is -0.348 e. The molecule has 3 aromatic rings. The van der Waals surface area contributed by atoms with Crippen LogP contribution in [0, 0.1) is 6.92 Å². The topological polar surface area (TPSA) is 34.0 Å². The molecule has 0 aliphatic heterocycles. The number of carbonyl (C=O) groups excluding carboxylic acids is 1. The first-order valence-electron chi connectivity index (χ1n) is 7.03. The van der Waals surface area contributed by atoms with Crippen LogP contribution in [0.1, 0.15) is 21.6 Å². The van der Waals surface area contributed by atoms with E-state index in [2.05, 4.69) is 48.1 Å². The molecule has 106 valence electrons. The number of hydrogen-bond acceptors (Lipinski definition) is 1. The van der Waals surface area contributed by atoms with Gasteiger partial charge in [-0.05, 0) is 42.8 Å². The van der Waals surface area contributed by atoms with E-state index in [4.69, 9.17) is 0 Å². The van der Waals surface area contributed by atoms with E-state index in [-0.39, 0.29) is 5.91 Å². The van der Waals surface area contributed by atoms with Crippen molar-refractivity contribution in [1.82, 2.24) is 9.88 Å². The fourth-order valence-electron chi connectivity index (χ4n) is 2.52. The van der Waals surface area contributed by atoms with Gasteiger partial charge in [-0.3, -0.25) is 4.79 Å². The third-order valence-electron chi connectivity index (χ3n) is 3.84. The van der Waals surface area contributed by atoms with Gasteiger partial charge in [-0.25, -0.2) is 0 Å². The van der Waals surface area contributed by atoms with E-state index in [1.807, 2.05) is 30.3 Å². The van der Waals surface area contributed by atoms with Crippen LogP contribution in [-0.2, 0) is 13.6 Å². The molecular weight excluding hydrogens is 260 g/mol. The zero-order valence-corrected chi connectivity index (χ0v) is 12.3. The lowest BCUT2D eigenvalue weighted by molar-refractivity contribution is 0.0951. The molecule has 0 saturated heterocycles. The molecule has 0 saturated carbocycles. The molecule has 0 spiro atoms. The molecule has 1 aromatic heterocycles. The molecular formula is C18H18N2O. The third kappa shape index (κ3) is 2.68. The van der Waals surface area contributed by atoms with Crippen molar-refractivity contribution in [3.05, 3.63) is 71.4 Å². The predicted octanol–water partition coefficient (Wildman–Crippen LogP) is 3.42. The van der Waals surface area contributed by atoms with Crippen molar-refractivity contribution in [1.29, 1.82) is 0 Å². The fourth-order valence-corrected chi connectivity index (χ4v) is 2.52. The van der Waals surface area contributed by atoms with Crippen LogP contribution in [0.2, 0.25) is 0 Å². The number of aryl methyl sites for hydroxylation is 2. The van der Waals surface area contributed by atoms with Crippen molar-refractivity contribution in [3.8, 4) is 0 Å². The van der Waals surface area contributed by atoms with Gasteiger partial charge in [0.1, 0.15) is 0 Å². The molecule has 3 rings (SSSR count). The molecule has 1 amide bonds. The van der Waals surface area contributed by atoms with Crippen LogP contribution in [0.15, 0.2) is 54.6 Å². The summed E-state index contributed by atoms with van der Waals surface area (Å²) in [4.78, 5) is 12.0. The Morgan fingerprint density at radius 2 is 1.86 bits per heavy atom. The highest BCUT2D eigenvalue weighted by atomic mass is 16.1. The van der Waals surface area contributed by atoms with Gasteiger partial charge in [-0.15, -0.1) is 0 Å². The maximum absolute atomic E-state index is 12.0. The van der Waals surface area contributed by atoms with E-state index in [1.165, 1.54) is 16.6 Å². The largest absolute Gasteiger partial charge is 0.348 e. The van der Waals surface area contributed by atoms with Crippen LogP contribution in [0.4, 0.5) is 0 Å². The number of fused-ring (bicyclic) bond motifs is 1. The molecule has 0 aliphatic carbocycles. The van der Waals surface area contributed by atoms with Gasteiger partial charge in [0.2, 0.25) is 0 Å². The van der Waals surface area contributed by atoms with Gasteiger partial charge in [0.15, 0.2) is 0 Å². The average molecular weight is 278 g/mol. The van der Waals surface area contributed by atoms with E-state index in [0.29, 0.717) is 12.1 Å². The second-order valence-electron chi connectivity index (χ2n) is 5.29. The van der Waals surface area contributed by atoms with Gasteiger partial charge < -0.3 is 9.88 Å². The lowest BCUT2D eigenvalue weighted by atomic mass is 10.1. The molecule has 0 fully saturated rings. The normalized spacial score (nSPS) is 10.8. The molecule has 0 bridgehead atoms. The van der Waals surface area contributed by atoms with Gasteiger partial charge in [-0.2, -0.15) is 0 Å². The first-order chi connectivity index (χ1) is 10.1. The fraction of sp³-hybridized carbons (Fsp3) is 0.167. The van der Waals surface area contributed by atoms with Crippen LogP contribution in [0.25, 0.3) is 10.9 Å². The molecule has 2 aromatic carbocycles. The molecule has 0 atom stereocenters. The van der Waals surface area contributed by atoms with E-state index >= 15 is 0 Å². The van der Waals surface area contributed by atoms with Crippen LogP contribution in [-0.4, -0.2) is 10.5 Å². The van der Waals surface area contributed by atoms with Crippen LogP contribution < -0.4 is 5.32 Å². The molecule has 3 heteroatoms. The zero-order valence-electron chi connectivity index (χ0n) is 12.3. The number of benzene rings is 2. The summed E-state index contributed by atoms with van der Waals surface area (Å²) in [7, 11) is 2.06. The molecule has 1 N–H and O–H groups in total. The Balaban J connectivity index is 1.75. The monoisotopic (exact) mass is 278 g/mol. The number of rotatable bonds is 3. The Morgan fingerprint density at radius 1 is 1.10 bits per heavy atom. The lowest BCUT2D eigenvalue weighted by Crippen LogP contribution is -2.22. The Hall–Kier alpha value is -2.55. The van der Waals surface area contributed by atoms with Crippen molar-refractivity contribution in [2.24, 2.45) is 7.05 Å². The highest BCUT2D eigenvalue weighted by Crippen LogP contribution is 2.19. The molecule has 1 heterocycles. The summed E-state index contributed by atoms with van der Waals surface area (Å²) in [5.74, 6) is -0.0417. The van der Waals surface area contributed by atoms with Gasteiger partial charge >= 0.3 is 0 Å². The average Bonchev–Trinajstić information content (AvgIpc) is 2.80. The number of carbonyl (C=O) groups is 1. The summed E-state index contributed by atoms with van der Waals surface area (Å²) in [6.07, 6.45) is 0. The Kier molecular flexibility index (Phi) is 3.48. The Bertz CT molecular complexity index is 788. The Labute approximate surface area is 124 Å². The summed E-state index contributed by atoms with van der Waals surface area (Å²) < 4.78 is 2.17. The summed E-state index contributed by atoms with van der Waals surface area (Å²) in [5.41, 5.74) is 4.24. The molecule has 3 nitrogen and oxygen atoms in total. The summed E-state index contributed by atoms with van der Waals surface area (Å²) >= 11 is 0. The number of hydrogen-bond donors (Lipinski definition) is 1. The van der Waals surface area contributed by atoms with E-state index in [0.717, 1.165) is 5.56 Å². The van der Waals surface area contributed by atoms with Crippen molar-refractivity contribution >= 4 is 16.8 Å². The second-order valence-corrected chi connectivity index (χ2v) is 5.29. The predicted molar refractivity (Wildman–Crippen MR) is 85.3 cm³/mol. The summed E-state index contributed by atoms with van der Waals surface area (Å²) in [5, 5.41) is 4.17. The number of nitrogens with one attached hydrogen (secondary N) is 1.